The number of carbonyl (C=O) groups is 1. The van der Waals surface area contributed by atoms with Crippen LogP contribution in [0.4, 0.5) is 17.1 Å². The van der Waals surface area contributed by atoms with Gasteiger partial charge in [0.15, 0.2) is 0 Å². The van der Waals surface area contributed by atoms with E-state index in [1.54, 1.807) is 6.07 Å². The van der Waals surface area contributed by atoms with Crippen LogP contribution in [0.25, 0.3) is 0 Å². The number of hydrogen-bond donors (Lipinski definition) is 2. The van der Waals surface area contributed by atoms with Gasteiger partial charge in [-0.1, -0.05) is 12.1 Å². The molecule has 24 heavy (non-hydrogen) atoms. The van der Waals surface area contributed by atoms with E-state index >= 15 is 0 Å². The highest BCUT2D eigenvalue weighted by atomic mass is 32.2. The maximum absolute atomic E-state index is 12.3. The number of carbonyl (C=O) groups excluding carboxylic acids is 1. The molecule has 1 amide bonds. The van der Waals surface area contributed by atoms with E-state index in [1.807, 2.05) is 0 Å². The topological polar surface area (TPSA) is 118 Å². The van der Waals surface area contributed by atoms with E-state index in [0.29, 0.717) is 11.3 Å². The van der Waals surface area contributed by atoms with Crippen LogP contribution in [0.3, 0.4) is 0 Å². The fourth-order valence-electron chi connectivity index (χ4n) is 2.09. The minimum atomic E-state index is -3.46. The molecule has 0 saturated heterocycles. The number of nitrogens with one attached hydrogen (secondary N) is 2. The van der Waals surface area contributed by atoms with E-state index in [0.717, 1.165) is 6.26 Å². The molecule has 2 aromatic rings. The zero-order chi connectivity index (χ0) is 17.9. The second-order valence-corrected chi connectivity index (χ2v) is 6.86. The molecular weight excluding hydrogens is 334 g/mol. The van der Waals surface area contributed by atoms with Crippen LogP contribution >= 0.6 is 0 Å². The Balaban J connectivity index is 2.26. The van der Waals surface area contributed by atoms with Gasteiger partial charge in [0.2, 0.25) is 10.0 Å². The van der Waals surface area contributed by atoms with Crippen LogP contribution < -0.4 is 10.0 Å². The van der Waals surface area contributed by atoms with Crippen LogP contribution in [-0.2, 0) is 10.0 Å². The highest BCUT2D eigenvalue weighted by Crippen LogP contribution is 2.25. The van der Waals surface area contributed by atoms with Gasteiger partial charge in [-0.15, -0.1) is 0 Å². The lowest BCUT2D eigenvalue weighted by molar-refractivity contribution is -0.385. The first-order chi connectivity index (χ1) is 11.2. The number of nitro groups is 1. The molecular formula is C15H15N3O5S. The van der Waals surface area contributed by atoms with Gasteiger partial charge in [-0.05, 0) is 31.2 Å². The predicted octanol–water partition coefficient (Wildman–Crippen LogP) is 2.53. The van der Waals surface area contributed by atoms with Crippen LogP contribution in [0.2, 0.25) is 0 Å². The summed E-state index contributed by atoms with van der Waals surface area (Å²) in [5.41, 5.74) is 1.02. The Morgan fingerprint density at radius 1 is 1.17 bits per heavy atom. The second kappa shape index (κ2) is 6.67. The van der Waals surface area contributed by atoms with Crippen molar-refractivity contribution in [1.82, 2.24) is 0 Å². The highest BCUT2D eigenvalue weighted by molar-refractivity contribution is 7.92. The van der Waals surface area contributed by atoms with Crippen molar-refractivity contribution in [3.63, 3.8) is 0 Å². The molecule has 2 N–H and O–H groups in total. The number of hydrogen-bond acceptors (Lipinski definition) is 5. The van der Waals surface area contributed by atoms with Crippen LogP contribution in [0.15, 0.2) is 42.5 Å². The molecule has 0 radical (unpaired) electrons. The van der Waals surface area contributed by atoms with Crippen LogP contribution in [0.1, 0.15) is 15.9 Å². The third-order valence-corrected chi connectivity index (χ3v) is 3.78. The monoisotopic (exact) mass is 349 g/mol. The first-order valence-corrected chi connectivity index (χ1v) is 8.70. The standard InChI is InChI=1S/C15H15N3O5S/c1-10-13(7-4-8-14(10)18(20)21)16-15(19)11-5-3-6-12(9-11)17-24(2,22)23/h3-9,17H,1-2H3,(H,16,19). The molecule has 0 atom stereocenters. The van der Waals surface area contributed by atoms with Gasteiger partial charge in [0.25, 0.3) is 11.6 Å². The Bertz CT molecular complexity index is 909. The molecule has 0 aromatic heterocycles. The van der Waals surface area contributed by atoms with Crippen LogP contribution in [0, 0.1) is 17.0 Å². The average Bonchev–Trinajstić information content (AvgIpc) is 2.47. The van der Waals surface area contributed by atoms with Gasteiger partial charge in [0.1, 0.15) is 0 Å². The quantitative estimate of drug-likeness (QED) is 0.635. The van der Waals surface area contributed by atoms with Gasteiger partial charge >= 0.3 is 0 Å². The van der Waals surface area contributed by atoms with Gasteiger partial charge in [-0.2, -0.15) is 0 Å². The van der Waals surface area contributed by atoms with Crippen molar-refractivity contribution >= 4 is 33.0 Å². The minimum Gasteiger partial charge on any atom is -0.321 e. The molecule has 0 spiro atoms. The Morgan fingerprint density at radius 3 is 2.46 bits per heavy atom. The second-order valence-electron chi connectivity index (χ2n) is 5.12. The summed E-state index contributed by atoms with van der Waals surface area (Å²) in [5.74, 6) is -0.504. The number of benzene rings is 2. The molecule has 8 nitrogen and oxygen atoms in total. The van der Waals surface area contributed by atoms with E-state index in [-0.39, 0.29) is 16.9 Å². The summed E-state index contributed by atoms with van der Waals surface area (Å²) in [6, 6.07) is 10.3. The normalized spacial score (nSPS) is 10.9. The summed E-state index contributed by atoms with van der Waals surface area (Å²) in [7, 11) is -3.46. The fraction of sp³-hybridized carbons (Fsp3) is 0.133. The molecule has 2 rings (SSSR count). The van der Waals surface area contributed by atoms with Crippen molar-refractivity contribution in [1.29, 1.82) is 0 Å². The van der Waals surface area contributed by atoms with E-state index in [2.05, 4.69) is 10.0 Å². The molecule has 0 fully saturated rings. The molecule has 9 heteroatoms. The number of anilines is 2. The highest BCUT2D eigenvalue weighted by Gasteiger charge is 2.16. The Hall–Kier alpha value is -2.94. The van der Waals surface area contributed by atoms with E-state index < -0.39 is 20.9 Å². The zero-order valence-electron chi connectivity index (χ0n) is 12.9. The van der Waals surface area contributed by atoms with E-state index in [9.17, 15) is 23.3 Å². The summed E-state index contributed by atoms with van der Waals surface area (Å²) in [6.07, 6.45) is 1.01. The lowest BCUT2D eigenvalue weighted by atomic mass is 10.1. The number of amides is 1. The third kappa shape index (κ3) is 4.29. The summed E-state index contributed by atoms with van der Waals surface area (Å²) in [5, 5.41) is 13.5. The first-order valence-electron chi connectivity index (χ1n) is 6.80. The molecule has 126 valence electrons. The van der Waals surface area contributed by atoms with Crippen LogP contribution in [-0.4, -0.2) is 25.5 Å². The Labute approximate surface area is 138 Å². The van der Waals surface area contributed by atoms with Gasteiger partial charge in [0, 0.05) is 17.3 Å². The van der Waals surface area contributed by atoms with E-state index in [1.165, 1.54) is 43.3 Å². The summed E-state index contributed by atoms with van der Waals surface area (Å²) in [6.45, 7) is 1.54. The number of sulfonamides is 1. The van der Waals surface area contributed by atoms with Crippen molar-refractivity contribution in [3.8, 4) is 0 Å². The molecule has 2 aromatic carbocycles. The lowest BCUT2D eigenvalue weighted by Gasteiger charge is -2.10. The number of nitro benzene ring substituents is 1. The molecule has 0 aliphatic carbocycles. The maximum atomic E-state index is 12.3. The number of rotatable bonds is 5. The molecule has 0 unspecified atom stereocenters. The molecule has 0 bridgehead atoms. The fourth-order valence-corrected chi connectivity index (χ4v) is 2.64. The average molecular weight is 349 g/mol. The third-order valence-electron chi connectivity index (χ3n) is 3.18. The SMILES string of the molecule is Cc1c(NC(=O)c2cccc(NS(C)(=O)=O)c2)cccc1[N+](=O)[O-]. The smallest absolute Gasteiger partial charge is 0.274 e. The van der Waals surface area contributed by atoms with Crippen molar-refractivity contribution in [2.24, 2.45) is 0 Å². The summed E-state index contributed by atoms with van der Waals surface area (Å²) >= 11 is 0. The Kier molecular flexibility index (Phi) is 4.84. The Morgan fingerprint density at radius 2 is 1.83 bits per heavy atom. The molecule has 0 heterocycles. The molecule has 0 aliphatic heterocycles. The lowest BCUT2D eigenvalue weighted by Crippen LogP contribution is -2.14. The van der Waals surface area contributed by atoms with E-state index in [4.69, 9.17) is 0 Å². The molecule has 0 saturated carbocycles. The van der Waals surface area contributed by atoms with Crippen LogP contribution in [0.5, 0.6) is 0 Å². The van der Waals surface area contributed by atoms with Gasteiger partial charge < -0.3 is 5.32 Å². The minimum absolute atomic E-state index is 0.0970. The maximum Gasteiger partial charge on any atom is 0.274 e. The van der Waals surface area contributed by atoms with Crippen molar-refractivity contribution in [2.75, 3.05) is 16.3 Å². The summed E-state index contributed by atoms with van der Waals surface area (Å²) < 4.78 is 24.8. The van der Waals surface area contributed by atoms with Gasteiger partial charge in [-0.3, -0.25) is 19.6 Å². The molecule has 0 aliphatic rings. The van der Waals surface area contributed by atoms with Crippen molar-refractivity contribution < 1.29 is 18.1 Å². The predicted molar refractivity (Wildman–Crippen MR) is 90.7 cm³/mol. The van der Waals surface area contributed by atoms with Gasteiger partial charge in [0.05, 0.1) is 22.4 Å². The zero-order valence-corrected chi connectivity index (χ0v) is 13.8. The number of nitrogens with zero attached hydrogens (tertiary/aromatic N) is 1. The summed E-state index contributed by atoms with van der Waals surface area (Å²) in [4.78, 5) is 22.7. The first kappa shape index (κ1) is 17.4. The largest absolute Gasteiger partial charge is 0.321 e. The van der Waals surface area contributed by atoms with Gasteiger partial charge in [-0.25, -0.2) is 8.42 Å². The van der Waals surface area contributed by atoms with Crippen molar-refractivity contribution in [2.45, 2.75) is 6.92 Å². The van der Waals surface area contributed by atoms with Crippen molar-refractivity contribution in [3.05, 3.63) is 63.7 Å².